The molecule has 0 saturated carbocycles. The summed E-state index contributed by atoms with van der Waals surface area (Å²) >= 11 is 0. The molecule has 0 unspecified atom stereocenters. The number of rotatable bonds is 1. The molecule has 1 N–H and O–H groups in total. The lowest BCUT2D eigenvalue weighted by Crippen LogP contribution is -2.05. The van der Waals surface area contributed by atoms with Crippen LogP contribution in [0.5, 0.6) is 0 Å². The van der Waals surface area contributed by atoms with Gasteiger partial charge in [-0.25, -0.2) is 0 Å². The van der Waals surface area contributed by atoms with Gasteiger partial charge >= 0.3 is 0 Å². The first kappa shape index (κ1) is 9.97. The zero-order valence-corrected chi connectivity index (χ0v) is 9.29. The summed E-state index contributed by atoms with van der Waals surface area (Å²) in [6, 6.07) is 7.90. The molecule has 0 spiro atoms. The van der Waals surface area contributed by atoms with Crippen molar-refractivity contribution < 1.29 is 0 Å². The molecule has 0 bridgehead atoms. The first-order valence-electron chi connectivity index (χ1n) is 5.21. The lowest BCUT2D eigenvalue weighted by molar-refractivity contribution is 0.868. The molecule has 2 heteroatoms. The lowest BCUT2D eigenvalue weighted by atomic mass is 10.0. The van der Waals surface area contributed by atoms with E-state index in [4.69, 9.17) is 0 Å². The summed E-state index contributed by atoms with van der Waals surface area (Å²) in [5.74, 6) is 0.485. The SMILES string of the molecule is Cc1cc(=O)[nH]c2cc(C(C)C)ccc12. The highest BCUT2D eigenvalue weighted by Gasteiger charge is 2.03. The largest absolute Gasteiger partial charge is 0.322 e. The fourth-order valence-corrected chi connectivity index (χ4v) is 1.81. The van der Waals surface area contributed by atoms with Crippen molar-refractivity contribution in [1.29, 1.82) is 0 Å². The van der Waals surface area contributed by atoms with Gasteiger partial charge < -0.3 is 4.98 Å². The summed E-state index contributed by atoms with van der Waals surface area (Å²) in [7, 11) is 0. The summed E-state index contributed by atoms with van der Waals surface area (Å²) in [6.07, 6.45) is 0. The smallest absolute Gasteiger partial charge is 0.248 e. The molecular formula is C13H15NO. The predicted molar refractivity (Wildman–Crippen MR) is 63.4 cm³/mol. The molecule has 15 heavy (non-hydrogen) atoms. The van der Waals surface area contributed by atoms with E-state index in [0.29, 0.717) is 5.92 Å². The van der Waals surface area contributed by atoms with Gasteiger partial charge in [0, 0.05) is 17.0 Å². The summed E-state index contributed by atoms with van der Waals surface area (Å²) in [6.45, 7) is 6.26. The monoisotopic (exact) mass is 201 g/mol. The first-order chi connectivity index (χ1) is 7.08. The highest BCUT2D eigenvalue weighted by molar-refractivity contribution is 5.82. The van der Waals surface area contributed by atoms with Crippen molar-refractivity contribution in [2.24, 2.45) is 0 Å². The molecule has 0 atom stereocenters. The molecule has 1 aromatic carbocycles. The first-order valence-corrected chi connectivity index (χ1v) is 5.21. The van der Waals surface area contributed by atoms with E-state index in [-0.39, 0.29) is 5.56 Å². The summed E-state index contributed by atoms with van der Waals surface area (Å²) in [4.78, 5) is 14.2. The van der Waals surface area contributed by atoms with Crippen LogP contribution in [-0.2, 0) is 0 Å². The standard InChI is InChI=1S/C13H15NO/c1-8(2)10-4-5-11-9(3)6-13(15)14-12(11)7-10/h4-8H,1-3H3,(H,14,15). The van der Waals surface area contributed by atoms with Gasteiger partial charge in [0.2, 0.25) is 5.56 Å². The average molecular weight is 201 g/mol. The second-order valence-electron chi connectivity index (χ2n) is 4.28. The third-order valence-corrected chi connectivity index (χ3v) is 2.74. The van der Waals surface area contributed by atoms with Gasteiger partial charge in [0.15, 0.2) is 0 Å². The van der Waals surface area contributed by atoms with Crippen LogP contribution >= 0.6 is 0 Å². The van der Waals surface area contributed by atoms with Crippen LogP contribution < -0.4 is 5.56 Å². The van der Waals surface area contributed by atoms with Gasteiger partial charge in [-0.05, 0) is 30.0 Å². The predicted octanol–water partition coefficient (Wildman–Crippen LogP) is 2.96. The number of nitrogens with one attached hydrogen (secondary N) is 1. The number of benzene rings is 1. The van der Waals surface area contributed by atoms with Crippen LogP contribution in [-0.4, -0.2) is 4.98 Å². The summed E-state index contributed by atoms with van der Waals surface area (Å²) < 4.78 is 0. The van der Waals surface area contributed by atoms with Crippen molar-refractivity contribution in [3.05, 3.63) is 45.7 Å². The zero-order chi connectivity index (χ0) is 11.0. The summed E-state index contributed by atoms with van der Waals surface area (Å²) in [5, 5.41) is 1.12. The second-order valence-corrected chi connectivity index (χ2v) is 4.28. The van der Waals surface area contributed by atoms with Gasteiger partial charge in [0.05, 0.1) is 0 Å². The maximum atomic E-state index is 11.3. The van der Waals surface area contributed by atoms with E-state index in [2.05, 4.69) is 37.0 Å². The van der Waals surface area contributed by atoms with Crippen molar-refractivity contribution in [3.8, 4) is 0 Å². The van der Waals surface area contributed by atoms with E-state index in [0.717, 1.165) is 16.5 Å². The van der Waals surface area contributed by atoms with Crippen LogP contribution in [0.3, 0.4) is 0 Å². The van der Waals surface area contributed by atoms with Gasteiger partial charge in [-0.1, -0.05) is 26.0 Å². The Bertz CT molecular complexity index is 552. The molecule has 0 aliphatic rings. The molecule has 1 aromatic heterocycles. The molecule has 0 radical (unpaired) electrons. The second kappa shape index (κ2) is 3.54. The third kappa shape index (κ3) is 1.80. The van der Waals surface area contributed by atoms with Crippen molar-refractivity contribution in [2.75, 3.05) is 0 Å². The molecule has 0 fully saturated rings. The number of aromatic amines is 1. The Kier molecular flexibility index (Phi) is 2.35. The zero-order valence-electron chi connectivity index (χ0n) is 9.29. The van der Waals surface area contributed by atoms with Crippen LogP contribution in [0.25, 0.3) is 10.9 Å². The quantitative estimate of drug-likeness (QED) is 0.756. The molecule has 2 nitrogen and oxygen atoms in total. The van der Waals surface area contributed by atoms with Crippen LogP contribution in [0.4, 0.5) is 0 Å². The number of hydrogen-bond acceptors (Lipinski definition) is 1. The molecule has 0 saturated heterocycles. The Morgan fingerprint density at radius 2 is 1.93 bits per heavy atom. The number of pyridine rings is 1. The highest BCUT2D eigenvalue weighted by atomic mass is 16.1. The van der Waals surface area contributed by atoms with E-state index in [1.165, 1.54) is 5.56 Å². The molecular weight excluding hydrogens is 186 g/mol. The minimum Gasteiger partial charge on any atom is -0.322 e. The molecule has 1 heterocycles. The normalized spacial score (nSPS) is 11.2. The maximum absolute atomic E-state index is 11.3. The van der Waals surface area contributed by atoms with Gasteiger partial charge in [-0.2, -0.15) is 0 Å². The van der Waals surface area contributed by atoms with Crippen molar-refractivity contribution in [3.63, 3.8) is 0 Å². The van der Waals surface area contributed by atoms with Crippen LogP contribution in [0.1, 0.15) is 30.9 Å². The van der Waals surface area contributed by atoms with Crippen LogP contribution in [0.2, 0.25) is 0 Å². The summed E-state index contributed by atoms with van der Waals surface area (Å²) in [5.41, 5.74) is 3.19. The minimum absolute atomic E-state index is 0.0269. The molecule has 2 rings (SSSR count). The van der Waals surface area contributed by atoms with Crippen molar-refractivity contribution in [2.45, 2.75) is 26.7 Å². The number of hydrogen-bond donors (Lipinski definition) is 1. The molecule has 0 amide bonds. The van der Waals surface area contributed by atoms with Gasteiger partial charge in [-0.3, -0.25) is 4.79 Å². The van der Waals surface area contributed by atoms with Crippen LogP contribution in [0.15, 0.2) is 29.1 Å². The lowest BCUT2D eigenvalue weighted by Gasteiger charge is -2.07. The van der Waals surface area contributed by atoms with E-state index < -0.39 is 0 Å². The number of H-pyrrole nitrogens is 1. The van der Waals surface area contributed by atoms with Gasteiger partial charge in [0.1, 0.15) is 0 Å². The van der Waals surface area contributed by atoms with Crippen LogP contribution in [0, 0.1) is 6.92 Å². The van der Waals surface area contributed by atoms with E-state index in [1.807, 2.05) is 6.92 Å². The highest BCUT2D eigenvalue weighted by Crippen LogP contribution is 2.20. The Hall–Kier alpha value is -1.57. The number of aryl methyl sites for hydroxylation is 1. The van der Waals surface area contributed by atoms with Crippen molar-refractivity contribution >= 4 is 10.9 Å². The number of fused-ring (bicyclic) bond motifs is 1. The van der Waals surface area contributed by atoms with Gasteiger partial charge in [0.25, 0.3) is 0 Å². The van der Waals surface area contributed by atoms with E-state index in [1.54, 1.807) is 6.07 Å². The van der Waals surface area contributed by atoms with E-state index >= 15 is 0 Å². The molecule has 2 aromatic rings. The Morgan fingerprint density at radius 1 is 1.20 bits per heavy atom. The third-order valence-electron chi connectivity index (χ3n) is 2.74. The molecule has 0 aliphatic carbocycles. The topological polar surface area (TPSA) is 32.9 Å². The Labute approximate surface area is 89.0 Å². The Balaban J connectivity index is 2.76. The van der Waals surface area contributed by atoms with Gasteiger partial charge in [-0.15, -0.1) is 0 Å². The fraction of sp³-hybridized carbons (Fsp3) is 0.308. The molecule has 78 valence electrons. The maximum Gasteiger partial charge on any atom is 0.248 e. The molecule has 0 aliphatic heterocycles. The fourth-order valence-electron chi connectivity index (χ4n) is 1.81. The van der Waals surface area contributed by atoms with E-state index in [9.17, 15) is 4.79 Å². The van der Waals surface area contributed by atoms with Crippen molar-refractivity contribution in [1.82, 2.24) is 4.98 Å². The Morgan fingerprint density at radius 3 is 2.60 bits per heavy atom. The minimum atomic E-state index is -0.0269. The number of aromatic nitrogens is 1. The average Bonchev–Trinajstić information content (AvgIpc) is 2.16.